The number of amides is 1. The maximum absolute atomic E-state index is 12.3. The fraction of sp³-hybridized carbons (Fsp3) is 0.176. The minimum Gasteiger partial charge on any atom is -0.496 e. The Morgan fingerprint density at radius 2 is 2.04 bits per heavy atom. The van der Waals surface area contributed by atoms with Gasteiger partial charge in [0.2, 0.25) is 5.91 Å². The van der Waals surface area contributed by atoms with Crippen molar-refractivity contribution in [1.82, 2.24) is 20.0 Å². The molecule has 7 nitrogen and oxygen atoms in total. The molecule has 1 aromatic carbocycles. The van der Waals surface area contributed by atoms with Crippen molar-refractivity contribution in [1.29, 1.82) is 0 Å². The Hall–Kier alpha value is -3.22. The Labute approximate surface area is 139 Å². The van der Waals surface area contributed by atoms with E-state index in [2.05, 4.69) is 20.6 Å². The van der Waals surface area contributed by atoms with Crippen molar-refractivity contribution < 1.29 is 9.53 Å². The van der Waals surface area contributed by atoms with Crippen molar-refractivity contribution in [3.05, 3.63) is 55.0 Å². The molecular weight excluding hydrogens is 306 g/mol. The lowest BCUT2D eigenvalue weighted by atomic mass is 10.2. The fourth-order valence-electron chi connectivity index (χ4n) is 2.23. The number of hydrogen-bond donors (Lipinski definition) is 1. The normalized spacial score (nSPS) is 11.8. The zero-order valence-corrected chi connectivity index (χ0v) is 13.4. The molecule has 0 aliphatic carbocycles. The van der Waals surface area contributed by atoms with E-state index in [1.165, 1.54) is 4.68 Å². The highest BCUT2D eigenvalue weighted by Gasteiger charge is 2.18. The molecule has 2 heterocycles. The summed E-state index contributed by atoms with van der Waals surface area (Å²) >= 11 is 0. The molecule has 2 aromatic heterocycles. The average Bonchev–Trinajstić information content (AvgIpc) is 3.11. The van der Waals surface area contributed by atoms with Crippen LogP contribution in [0, 0.1) is 0 Å². The van der Waals surface area contributed by atoms with E-state index in [-0.39, 0.29) is 5.91 Å². The summed E-state index contributed by atoms with van der Waals surface area (Å²) in [5.41, 5.74) is 2.06. The van der Waals surface area contributed by atoms with Crippen LogP contribution in [0.1, 0.15) is 13.0 Å². The van der Waals surface area contributed by atoms with E-state index in [4.69, 9.17) is 4.74 Å². The Morgan fingerprint density at radius 1 is 1.25 bits per heavy atom. The van der Waals surface area contributed by atoms with Crippen LogP contribution in [0.15, 0.2) is 55.0 Å². The number of nitrogens with one attached hydrogen (secondary N) is 1. The van der Waals surface area contributed by atoms with Crippen LogP contribution in [0.5, 0.6) is 5.75 Å². The Bertz CT molecular complexity index is 832. The van der Waals surface area contributed by atoms with Gasteiger partial charge in [-0.15, -0.1) is 5.10 Å². The van der Waals surface area contributed by atoms with Crippen molar-refractivity contribution in [2.75, 3.05) is 12.4 Å². The predicted molar refractivity (Wildman–Crippen MR) is 89.6 cm³/mol. The van der Waals surface area contributed by atoms with Crippen LogP contribution >= 0.6 is 0 Å². The smallest absolute Gasteiger partial charge is 0.249 e. The molecule has 0 radical (unpaired) electrons. The summed E-state index contributed by atoms with van der Waals surface area (Å²) in [6.07, 6.45) is 5.00. The fourth-order valence-corrected chi connectivity index (χ4v) is 2.23. The van der Waals surface area contributed by atoms with E-state index in [1.807, 2.05) is 30.3 Å². The first kappa shape index (κ1) is 15.7. The number of nitrogens with zero attached hydrogens (tertiary/aromatic N) is 4. The molecule has 0 aliphatic heterocycles. The molecular formula is C17H17N5O2. The second-order valence-corrected chi connectivity index (χ2v) is 5.19. The summed E-state index contributed by atoms with van der Waals surface area (Å²) in [7, 11) is 1.58. The third-order valence-electron chi connectivity index (χ3n) is 3.60. The summed E-state index contributed by atoms with van der Waals surface area (Å²) in [5, 5.41) is 11.0. The first-order valence-electron chi connectivity index (χ1n) is 7.45. The predicted octanol–water partition coefficient (Wildman–Crippen LogP) is 2.55. The average molecular weight is 323 g/mol. The third-order valence-corrected chi connectivity index (χ3v) is 3.60. The first-order chi connectivity index (χ1) is 11.7. The van der Waals surface area contributed by atoms with Crippen LogP contribution in [-0.2, 0) is 4.79 Å². The number of benzene rings is 1. The van der Waals surface area contributed by atoms with Crippen molar-refractivity contribution >= 4 is 11.6 Å². The van der Waals surface area contributed by atoms with E-state index in [9.17, 15) is 4.79 Å². The SMILES string of the molecule is COc1ccncc1-c1cn(C(C)C(=O)Nc2ccccc2)nn1. The van der Waals surface area contributed by atoms with E-state index < -0.39 is 6.04 Å². The quantitative estimate of drug-likeness (QED) is 0.780. The number of ether oxygens (including phenoxy) is 1. The lowest BCUT2D eigenvalue weighted by Crippen LogP contribution is -2.24. The van der Waals surface area contributed by atoms with Gasteiger partial charge in [0, 0.05) is 18.1 Å². The molecule has 24 heavy (non-hydrogen) atoms. The second-order valence-electron chi connectivity index (χ2n) is 5.19. The van der Waals surface area contributed by atoms with Crippen molar-refractivity contribution in [3.63, 3.8) is 0 Å². The molecule has 3 aromatic rings. The number of para-hydroxylation sites is 1. The number of carbonyl (C=O) groups is 1. The van der Waals surface area contributed by atoms with Crippen LogP contribution in [0.25, 0.3) is 11.3 Å². The molecule has 3 rings (SSSR count). The molecule has 1 amide bonds. The van der Waals surface area contributed by atoms with Crippen molar-refractivity contribution in [2.24, 2.45) is 0 Å². The topological polar surface area (TPSA) is 81.9 Å². The Morgan fingerprint density at radius 3 is 2.79 bits per heavy atom. The van der Waals surface area contributed by atoms with Crippen LogP contribution in [0.3, 0.4) is 0 Å². The van der Waals surface area contributed by atoms with Crippen LogP contribution in [0.2, 0.25) is 0 Å². The van der Waals surface area contributed by atoms with Crippen molar-refractivity contribution in [3.8, 4) is 17.0 Å². The number of carbonyl (C=O) groups excluding carboxylic acids is 1. The molecule has 7 heteroatoms. The number of hydrogen-bond acceptors (Lipinski definition) is 5. The van der Waals surface area contributed by atoms with Gasteiger partial charge in [0.15, 0.2) is 0 Å². The molecule has 0 bridgehead atoms. The number of rotatable bonds is 5. The Balaban J connectivity index is 1.78. The van der Waals surface area contributed by atoms with E-state index >= 15 is 0 Å². The van der Waals surface area contributed by atoms with Gasteiger partial charge < -0.3 is 10.1 Å². The molecule has 1 N–H and O–H groups in total. The summed E-state index contributed by atoms with van der Waals surface area (Å²) in [5.74, 6) is 0.481. The van der Waals surface area contributed by atoms with Gasteiger partial charge in [0.25, 0.3) is 0 Å². The molecule has 0 fully saturated rings. The standard InChI is InChI=1S/C17H17N5O2/c1-12(17(23)19-13-6-4-3-5-7-13)22-11-15(20-21-22)14-10-18-9-8-16(14)24-2/h3-12H,1-2H3,(H,19,23). The number of methoxy groups -OCH3 is 1. The summed E-state index contributed by atoms with van der Waals surface area (Å²) in [6, 6.07) is 10.5. The molecule has 0 spiro atoms. The second kappa shape index (κ2) is 6.91. The molecule has 0 saturated heterocycles. The minimum atomic E-state index is -0.505. The maximum atomic E-state index is 12.3. The first-order valence-corrected chi connectivity index (χ1v) is 7.45. The van der Waals surface area contributed by atoms with Gasteiger partial charge in [0.05, 0.1) is 18.9 Å². The zero-order valence-electron chi connectivity index (χ0n) is 13.4. The molecule has 1 unspecified atom stereocenters. The van der Waals surface area contributed by atoms with E-state index in [0.717, 1.165) is 11.3 Å². The van der Waals surface area contributed by atoms with Gasteiger partial charge in [-0.1, -0.05) is 23.4 Å². The molecule has 0 aliphatic rings. The summed E-state index contributed by atoms with van der Waals surface area (Å²) < 4.78 is 6.81. The zero-order chi connectivity index (χ0) is 16.9. The van der Waals surface area contributed by atoms with Crippen LogP contribution in [0.4, 0.5) is 5.69 Å². The monoisotopic (exact) mass is 323 g/mol. The van der Waals surface area contributed by atoms with Gasteiger partial charge in [0.1, 0.15) is 17.5 Å². The maximum Gasteiger partial charge on any atom is 0.249 e. The molecule has 0 saturated carbocycles. The third kappa shape index (κ3) is 3.24. The lowest BCUT2D eigenvalue weighted by molar-refractivity contribution is -0.119. The van der Waals surface area contributed by atoms with Crippen LogP contribution in [-0.4, -0.2) is 33.0 Å². The minimum absolute atomic E-state index is 0.171. The van der Waals surface area contributed by atoms with Gasteiger partial charge in [-0.2, -0.15) is 0 Å². The molecule has 1 atom stereocenters. The lowest BCUT2D eigenvalue weighted by Gasteiger charge is -2.11. The molecule has 122 valence electrons. The summed E-state index contributed by atoms with van der Waals surface area (Å²) in [4.78, 5) is 16.4. The van der Waals surface area contributed by atoms with Crippen LogP contribution < -0.4 is 10.1 Å². The van der Waals surface area contributed by atoms with E-state index in [1.54, 1.807) is 38.7 Å². The highest BCUT2D eigenvalue weighted by atomic mass is 16.5. The van der Waals surface area contributed by atoms with Gasteiger partial charge in [-0.3, -0.25) is 9.78 Å². The number of pyridine rings is 1. The summed E-state index contributed by atoms with van der Waals surface area (Å²) in [6.45, 7) is 1.76. The van der Waals surface area contributed by atoms with Gasteiger partial charge in [-0.05, 0) is 25.1 Å². The largest absolute Gasteiger partial charge is 0.496 e. The number of aromatic nitrogens is 4. The van der Waals surface area contributed by atoms with Crippen molar-refractivity contribution in [2.45, 2.75) is 13.0 Å². The Kier molecular flexibility index (Phi) is 4.51. The highest BCUT2D eigenvalue weighted by molar-refractivity contribution is 5.93. The van der Waals surface area contributed by atoms with E-state index in [0.29, 0.717) is 11.4 Å². The van der Waals surface area contributed by atoms with Gasteiger partial charge >= 0.3 is 0 Å². The highest BCUT2D eigenvalue weighted by Crippen LogP contribution is 2.27. The van der Waals surface area contributed by atoms with Gasteiger partial charge in [-0.25, -0.2) is 4.68 Å². The number of anilines is 1.